The van der Waals surface area contributed by atoms with Crippen LogP contribution in [0.25, 0.3) is 0 Å². The molecular weight excluding hydrogens is 278 g/mol. The topological polar surface area (TPSA) is 54.9 Å². The Labute approximate surface area is 135 Å². The molecule has 5 nitrogen and oxygen atoms in total. The van der Waals surface area contributed by atoms with Crippen molar-refractivity contribution < 1.29 is 9.47 Å². The van der Waals surface area contributed by atoms with Gasteiger partial charge in [0.25, 0.3) is 0 Å². The van der Waals surface area contributed by atoms with E-state index in [2.05, 4.69) is 22.5 Å². The SMILES string of the molecule is CCCC1CC1NC(=NC)NCCCOCC1CCOCC1. The van der Waals surface area contributed by atoms with Crippen molar-refractivity contribution in [2.75, 3.05) is 40.0 Å². The number of aliphatic imine (C=N–C) groups is 1. The molecule has 0 aromatic carbocycles. The van der Waals surface area contributed by atoms with E-state index in [0.717, 1.165) is 64.1 Å². The molecule has 2 rings (SSSR count). The summed E-state index contributed by atoms with van der Waals surface area (Å²) in [6, 6.07) is 0.635. The number of hydrogen-bond donors (Lipinski definition) is 2. The first kappa shape index (κ1) is 17.5. The van der Waals surface area contributed by atoms with Crippen LogP contribution in [0.4, 0.5) is 0 Å². The smallest absolute Gasteiger partial charge is 0.191 e. The quantitative estimate of drug-likeness (QED) is 0.389. The van der Waals surface area contributed by atoms with Gasteiger partial charge < -0.3 is 20.1 Å². The van der Waals surface area contributed by atoms with Crippen LogP contribution in [-0.4, -0.2) is 52.0 Å². The highest BCUT2D eigenvalue weighted by Crippen LogP contribution is 2.34. The van der Waals surface area contributed by atoms with Gasteiger partial charge in [-0.3, -0.25) is 4.99 Å². The second kappa shape index (κ2) is 10.1. The molecule has 2 unspecified atom stereocenters. The maximum Gasteiger partial charge on any atom is 0.191 e. The molecule has 22 heavy (non-hydrogen) atoms. The first-order valence-corrected chi connectivity index (χ1v) is 8.96. The molecular formula is C17H33N3O2. The molecule has 1 aliphatic heterocycles. The molecule has 1 saturated carbocycles. The fraction of sp³-hybridized carbons (Fsp3) is 0.941. The fourth-order valence-electron chi connectivity index (χ4n) is 3.03. The van der Waals surface area contributed by atoms with E-state index in [0.29, 0.717) is 12.0 Å². The number of hydrogen-bond acceptors (Lipinski definition) is 3. The fourth-order valence-corrected chi connectivity index (χ4v) is 3.03. The number of nitrogens with zero attached hydrogens (tertiary/aromatic N) is 1. The maximum atomic E-state index is 5.78. The molecule has 2 aliphatic rings. The third-order valence-corrected chi connectivity index (χ3v) is 4.58. The van der Waals surface area contributed by atoms with E-state index < -0.39 is 0 Å². The molecule has 2 N–H and O–H groups in total. The second-order valence-electron chi connectivity index (χ2n) is 6.52. The van der Waals surface area contributed by atoms with Gasteiger partial charge in [0.1, 0.15) is 0 Å². The van der Waals surface area contributed by atoms with Crippen LogP contribution in [0, 0.1) is 11.8 Å². The van der Waals surface area contributed by atoms with Gasteiger partial charge in [-0.05, 0) is 43.9 Å². The molecule has 0 amide bonds. The lowest BCUT2D eigenvalue weighted by atomic mass is 10.0. The Morgan fingerprint density at radius 2 is 2.14 bits per heavy atom. The molecule has 0 bridgehead atoms. The van der Waals surface area contributed by atoms with Gasteiger partial charge >= 0.3 is 0 Å². The predicted molar refractivity (Wildman–Crippen MR) is 90.3 cm³/mol. The van der Waals surface area contributed by atoms with Crippen LogP contribution in [0.5, 0.6) is 0 Å². The Hall–Kier alpha value is -0.810. The van der Waals surface area contributed by atoms with Crippen LogP contribution in [0.15, 0.2) is 4.99 Å². The number of nitrogens with one attached hydrogen (secondary N) is 2. The summed E-state index contributed by atoms with van der Waals surface area (Å²) in [4.78, 5) is 4.29. The van der Waals surface area contributed by atoms with Crippen molar-refractivity contribution in [2.24, 2.45) is 16.8 Å². The molecule has 128 valence electrons. The molecule has 5 heteroatoms. The maximum absolute atomic E-state index is 5.78. The lowest BCUT2D eigenvalue weighted by Crippen LogP contribution is -2.39. The minimum absolute atomic E-state index is 0.635. The lowest BCUT2D eigenvalue weighted by Gasteiger charge is -2.21. The zero-order valence-corrected chi connectivity index (χ0v) is 14.3. The van der Waals surface area contributed by atoms with Gasteiger partial charge in [0.2, 0.25) is 0 Å². The van der Waals surface area contributed by atoms with Crippen molar-refractivity contribution in [1.82, 2.24) is 10.6 Å². The Morgan fingerprint density at radius 3 is 2.86 bits per heavy atom. The van der Waals surface area contributed by atoms with Crippen molar-refractivity contribution in [3.8, 4) is 0 Å². The van der Waals surface area contributed by atoms with E-state index in [1.165, 1.54) is 19.3 Å². The van der Waals surface area contributed by atoms with Crippen molar-refractivity contribution in [2.45, 2.75) is 51.5 Å². The molecule has 2 atom stereocenters. The van der Waals surface area contributed by atoms with Gasteiger partial charge in [0, 0.05) is 46.1 Å². The Balaban J connectivity index is 1.45. The average molecular weight is 311 g/mol. The summed E-state index contributed by atoms with van der Waals surface area (Å²) in [5.74, 6) is 2.49. The third kappa shape index (κ3) is 6.53. The molecule has 0 spiro atoms. The summed E-state index contributed by atoms with van der Waals surface area (Å²) >= 11 is 0. The molecule has 1 heterocycles. The zero-order valence-electron chi connectivity index (χ0n) is 14.3. The van der Waals surface area contributed by atoms with Crippen LogP contribution in [0.2, 0.25) is 0 Å². The molecule has 0 radical (unpaired) electrons. The summed E-state index contributed by atoms with van der Waals surface area (Å²) in [6.45, 7) is 6.68. The minimum atomic E-state index is 0.635. The standard InChI is InChI=1S/C17H33N3O2/c1-3-5-15-12-16(15)20-17(18-2)19-8-4-9-22-13-14-6-10-21-11-7-14/h14-16H,3-13H2,1-2H3,(H2,18,19,20). The Morgan fingerprint density at radius 1 is 1.32 bits per heavy atom. The number of guanidine groups is 1. The highest BCUT2D eigenvalue weighted by molar-refractivity contribution is 5.80. The summed E-state index contributed by atoms with van der Waals surface area (Å²) in [6.07, 6.45) is 7.22. The number of ether oxygens (including phenoxy) is 2. The van der Waals surface area contributed by atoms with E-state index in [1.54, 1.807) is 0 Å². The van der Waals surface area contributed by atoms with E-state index in [1.807, 2.05) is 7.05 Å². The lowest BCUT2D eigenvalue weighted by molar-refractivity contribution is 0.0203. The van der Waals surface area contributed by atoms with Crippen LogP contribution in [0.3, 0.4) is 0 Å². The van der Waals surface area contributed by atoms with Crippen LogP contribution < -0.4 is 10.6 Å². The highest BCUT2D eigenvalue weighted by atomic mass is 16.5. The third-order valence-electron chi connectivity index (χ3n) is 4.58. The summed E-state index contributed by atoms with van der Waals surface area (Å²) in [5, 5.41) is 6.88. The molecule has 1 saturated heterocycles. The van der Waals surface area contributed by atoms with E-state index in [-0.39, 0.29) is 0 Å². The predicted octanol–water partition coefficient (Wildman–Crippen LogP) is 2.17. The van der Waals surface area contributed by atoms with Gasteiger partial charge in [-0.1, -0.05) is 13.3 Å². The molecule has 1 aliphatic carbocycles. The molecule has 0 aromatic rings. The Bertz CT molecular complexity index is 330. The summed E-state index contributed by atoms with van der Waals surface area (Å²) in [5.41, 5.74) is 0. The Kier molecular flexibility index (Phi) is 8.02. The van der Waals surface area contributed by atoms with Gasteiger partial charge in [-0.15, -0.1) is 0 Å². The van der Waals surface area contributed by atoms with Gasteiger partial charge in [-0.25, -0.2) is 0 Å². The van der Waals surface area contributed by atoms with Crippen molar-refractivity contribution in [3.63, 3.8) is 0 Å². The summed E-state index contributed by atoms with van der Waals surface area (Å²) < 4.78 is 11.1. The van der Waals surface area contributed by atoms with Gasteiger partial charge in [0.05, 0.1) is 0 Å². The first-order chi connectivity index (χ1) is 10.8. The molecule has 2 fully saturated rings. The normalized spacial score (nSPS) is 26.0. The van der Waals surface area contributed by atoms with Gasteiger partial charge in [-0.2, -0.15) is 0 Å². The van der Waals surface area contributed by atoms with Crippen molar-refractivity contribution in [3.05, 3.63) is 0 Å². The average Bonchev–Trinajstić information content (AvgIpc) is 3.28. The molecule has 0 aromatic heterocycles. The van der Waals surface area contributed by atoms with E-state index in [9.17, 15) is 0 Å². The van der Waals surface area contributed by atoms with Crippen molar-refractivity contribution >= 4 is 5.96 Å². The highest BCUT2D eigenvalue weighted by Gasteiger charge is 2.36. The minimum Gasteiger partial charge on any atom is -0.381 e. The van der Waals surface area contributed by atoms with E-state index in [4.69, 9.17) is 9.47 Å². The zero-order chi connectivity index (χ0) is 15.6. The van der Waals surface area contributed by atoms with Crippen molar-refractivity contribution in [1.29, 1.82) is 0 Å². The largest absolute Gasteiger partial charge is 0.381 e. The van der Waals surface area contributed by atoms with Crippen LogP contribution in [-0.2, 0) is 9.47 Å². The van der Waals surface area contributed by atoms with Gasteiger partial charge in [0.15, 0.2) is 5.96 Å². The van der Waals surface area contributed by atoms with Crippen LogP contribution in [0.1, 0.15) is 45.4 Å². The van der Waals surface area contributed by atoms with Crippen LogP contribution >= 0.6 is 0 Å². The summed E-state index contributed by atoms with van der Waals surface area (Å²) in [7, 11) is 1.84. The number of rotatable bonds is 9. The second-order valence-corrected chi connectivity index (χ2v) is 6.52. The monoisotopic (exact) mass is 311 g/mol. The van der Waals surface area contributed by atoms with E-state index >= 15 is 0 Å². The first-order valence-electron chi connectivity index (χ1n) is 8.96.